The zero-order chi connectivity index (χ0) is 15.1. The van der Waals surface area contributed by atoms with Gasteiger partial charge in [0.1, 0.15) is 5.75 Å². The Morgan fingerprint density at radius 1 is 1.40 bits per heavy atom. The average molecular weight is 409 g/mol. The third-order valence-corrected chi connectivity index (χ3v) is 3.96. The minimum Gasteiger partial charge on any atom is -0.483 e. The lowest BCUT2D eigenvalue weighted by Gasteiger charge is -2.21. The molecule has 1 aromatic carbocycles. The zero-order valence-corrected chi connectivity index (χ0v) is 14.7. The number of amides is 1. The van der Waals surface area contributed by atoms with Crippen molar-refractivity contribution in [1.29, 1.82) is 0 Å². The number of aliphatic hydroxyl groups is 1. The van der Waals surface area contributed by atoms with E-state index in [4.69, 9.17) is 9.84 Å². The van der Waals surface area contributed by atoms with Gasteiger partial charge in [0.2, 0.25) is 0 Å². The summed E-state index contributed by atoms with van der Waals surface area (Å²) in [6.07, 6.45) is 0.547. The number of benzene rings is 1. The molecule has 112 valence electrons. The van der Waals surface area contributed by atoms with Gasteiger partial charge in [-0.15, -0.1) is 0 Å². The normalized spacial score (nSPS) is 12.3. The van der Waals surface area contributed by atoms with Gasteiger partial charge in [0.25, 0.3) is 5.91 Å². The van der Waals surface area contributed by atoms with Crippen molar-refractivity contribution in [1.82, 2.24) is 5.32 Å². The van der Waals surface area contributed by atoms with Gasteiger partial charge in [0.05, 0.1) is 4.47 Å². The molecule has 0 aromatic heterocycles. The molecule has 0 fully saturated rings. The summed E-state index contributed by atoms with van der Waals surface area (Å²) < 4.78 is 7.19. The highest BCUT2D eigenvalue weighted by Gasteiger charge is 2.16. The number of carbonyl (C=O) groups is 1. The van der Waals surface area contributed by atoms with Crippen LogP contribution < -0.4 is 10.1 Å². The fourth-order valence-corrected chi connectivity index (χ4v) is 2.86. The van der Waals surface area contributed by atoms with Crippen LogP contribution in [0.25, 0.3) is 0 Å². The highest BCUT2D eigenvalue weighted by molar-refractivity contribution is 9.11. The predicted octanol–water partition coefficient (Wildman–Crippen LogP) is 3.11. The molecular weight excluding hydrogens is 390 g/mol. The van der Waals surface area contributed by atoms with Crippen molar-refractivity contribution in [3.8, 4) is 5.75 Å². The molecule has 4 nitrogen and oxygen atoms in total. The lowest BCUT2D eigenvalue weighted by molar-refractivity contribution is -0.124. The summed E-state index contributed by atoms with van der Waals surface area (Å²) in [5.74, 6) is 0.698. The largest absolute Gasteiger partial charge is 0.483 e. The molecule has 0 heterocycles. The highest BCUT2D eigenvalue weighted by atomic mass is 79.9. The summed E-state index contributed by atoms with van der Waals surface area (Å²) in [4.78, 5) is 11.8. The van der Waals surface area contributed by atoms with E-state index in [0.29, 0.717) is 12.2 Å². The number of aliphatic hydroxyl groups excluding tert-OH is 1. The van der Waals surface area contributed by atoms with E-state index in [1.54, 1.807) is 6.07 Å². The third kappa shape index (κ3) is 5.81. The summed E-state index contributed by atoms with van der Waals surface area (Å²) in [5.41, 5.74) is 0. The highest BCUT2D eigenvalue weighted by Crippen LogP contribution is 2.28. The fourth-order valence-electron chi connectivity index (χ4n) is 1.70. The second-order valence-electron chi connectivity index (χ2n) is 4.79. The summed E-state index contributed by atoms with van der Waals surface area (Å²) in [6.45, 7) is 4.02. The molecule has 0 aliphatic rings. The van der Waals surface area contributed by atoms with E-state index in [9.17, 15) is 4.79 Å². The van der Waals surface area contributed by atoms with Gasteiger partial charge >= 0.3 is 0 Å². The van der Waals surface area contributed by atoms with Crippen LogP contribution in [0.1, 0.15) is 20.3 Å². The van der Waals surface area contributed by atoms with Crippen LogP contribution in [-0.2, 0) is 4.79 Å². The fraction of sp³-hybridized carbons (Fsp3) is 0.500. The molecule has 0 aliphatic heterocycles. The number of rotatable bonds is 7. The summed E-state index contributed by atoms with van der Waals surface area (Å²) in [6, 6.07) is 5.45. The second kappa shape index (κ2) is 8.64. The van der Waals surface area contributed by atoms with Crippen molar-refractivity contribution in [2.24, 2.45) is 5.92 Å². The first-order valence-corrected chi connectivity index (χ1v) is 8.00. The number of carbonyl (C=O) groups excluding carboxylic acids is 1. The van der Waals surface area contributed by atoms with E-state index in [2.05, 4.69) is 37.2 Å². The van der Waals surface area contributed by atoms with Crippen LogP contribution in [0.2, 0.25) is 0 Å². The van der Waals surface area contributed by atoms with Crippen LogP contribution >= 0.6 is 31.9 Å². The Morgan fingerprint density at radius 2 is 2.10 bits per heavy atom. The van der Waals surface area contributed by atoms with Gasteiger partial charge in [0, 0.05) is 17.1 Å². The average Bonchev–Trinajstić information content (AvgIpc) is 2.37. The van der Waals surface area contributed by atoms with Crippen molar-refractivity contribution < 1.29 is 14.6 Å². The lowest BCUT2D eigenvalue weighted by atomic mass is 10.0. The number of hydrogen-bond donors (Lipinski definition) is 2. The Kier molecular flexibility index (Phi) is 7.55. The van der Waals surface area contributed by atoms with Gasteiger partial charge < -0.3 is 15.2 Å². The van der Waals surface area contributed by atoms with Crippen molar-refractivity contribution in [3.05, 3.63) is 27.1 Å². The molecule has 1 rings (SSSR count). The van der Waals surface area contributed by atoms with E-state index in [1.807, 2.05) is 26.0 Å². The molecule has 2 N–H and O–H groups in total. The Balaban J connectivity index is 2.50. The molecule has 1 amide bonds. The first-order valence-electron chi connectivity index (χ1n) is 6.42. The molecule has 0 spiro atoms. The Labute approximate surface area is 136 Å². The van der Waals surface area contributed by atoms with Crippen LogP contribution in [-0.4, -0.2) is 30.3 Å². The first-order chi connectivity index (χ1) is 9.43. The maximum Gasteiger partial charge on any atom is 0.258 e. The standard InChI is InChI=1S/C14H19Br2NO3/c1-9(2)12(5-6-18)17-14(19)8-20-13-4-3-10(15)7-11(13)16/h3-4,7,9,12,18H,5-6,8H2,1-2H3,(H,17,19). The van der Waals surface area contributed by atoms with E-state index in [0.717, 1.165) is 8.95 Å². The molecule has 0 aliphatic carbocycles. The van der Waals surface area contributed by atoms with Crippen molar-refractivity contribution in [3.63, 3.8) is 0 Å². The third-order valence-electron chi connectivity index (χ3n) is 2.84. The monoisotopic (exact) mass is 407 g/mol. The molecule has 1 atom stereocenters. The lowest BCUT2D eigenvalue weighted by Crippen LogP contribution is -2.41. The molecule has 1 unspecified atom stereocenters. The van der Waals surface area contributed by atoms with Crippen LogP contribution in [0, 0.1) is 5.92 Å². The smallest absolute Gasteiger partial charge is 0.258 e. The Morgan fingerprint density at radius 3 is 2.65 bits per heavy atom. The second-order valence-corrected chi connectivity index (χ2v) is 6.56. The predicted molar refractivity (Wildman–Crippen MR) is 85.8 cm³/mol. The van der Waals surface area contributed by atoms with Gasteiger partial charge in [-0.3, -0.25) is 4.79 Å². The molecule has 0 saturated carbocycles. The maximum absolute atomic E-state index is 11.8. The molecular formula is C14H19Br2NO3. The van der Waals surface area contributed by atoms with Gasteiger partial charge in [0.15, 0.2) is 6.61 Å². The SMILES string of the molecule is CC(C)C(CCO)NC(=O)COc1ccc(Br)cc1Br. The number of hydrogen-bond acceptors (Lipinski definition) is 3. The maximum atomic E-state index is 11.8. The molecule has 1 aromatic rings. The summed E-state index contributed by atoms with van der Waals surface area (Å²) in [7, 11) is 0. The molecule has 0 bridgehead atoms. The summed E-state index contributed by atoms with van der Waals surface area (Å²) >= 11 is 6.73. The number of halogens is 2. The van der Waals surface area contributed by atoms with Crippen LogP contribution in [0.5, 0.6) is 5.75 Å². The molecule has 20 heavy (non-hydrogen) atoms. The Bertz CT molecular complexity index is 452. The minimum absolute atomic E-state index is 0.0375. The van der Waals surface area contributed by atoms with Crippen LogP contribution in [0.4, 0.5) is 0 Å². The number of nitrogens with one attached hydrogen (secondary N) is 1. The Hall–Kier alpha value is -0.590. The molecule has 6 heteroatoms. The summed E-state index contributed by atoms with van der Waals surface area (Å²) in [5, 5.41) is 11.8. The van der Waals surface area contributed by atoms with E-state index >= 15 is 0 Å². The zero-order valence-electron chi connectivity index (χ0n) is 11.5. The van der Waals surface area contributed by atoms with Gasteiger partial charge in [-0.1, -0.05) is 29.8 Å². The van der Waals surface area contributed by atoms with Gasteiger partial charge in [-0.05, 0) is 46.5 Å². The van der Waals surface area contributed by atoms with Crippen LogP contribution in [0.3, 0.4) is 0 Å². The molecule has 0 radical (unpaired) electrons. The molecule has 0 saturated heterocycles. The van der Waals surface area contributed by atoms with Crippen molar-refractivity contribution >= 4 is 37.8 Å². The van der Waals surface area contributed by atoms with Crippen LogP contribution in [0.15, 0.2) is 27.1 Å². The van der Waals surface area contributed by atoms with Gasteiger partial charge in [-0.25, -0.2) is 0 Å². The van der Waals surface area contributed by atoms with E-state index in [1.165, 1.54) is 0 Å². The van der Waals surface area contributed by atoms with E-state index < -0.39 is 0 Å². The van der Waals surface area contributed by atoms with E-state index in [-0.39, 0.29) is 31.1 Å². The minimum atomic E-state index is -0.188. The quantitative estimate of drug-likeness (QED) is 0.728. The van der Waals surface area contributed by atoms with Gasteiger partial charge in [-0.2, -0.15) is 0 Å². The van der Waals surface area contributed by atoms with Crippen molar-refractivity contribution in [2.45, 2.75) is 26.3 Å². The first kappa shape index (κ1) is 17.5. The number of ether oxygens (including phenoxy) is 1. The van der Waals surface area contributed by atoms with Crippen molar-refractivity contribution in [2.75, 3.05) is 13.2 Å². The topological polar surface area (TPSA) is 58.6 Å².